The summed E-state index contributed by atoms with van der Waals surface area (Å²) in [6.45, 7) is 0. The predicted molar refractivity (Wildman–Crippen MR) is 61.7 cm³/mol. The van der Waals surface area contributed by atoms with Gasteiger partial charge in [-0.05, 0) is 22.1 Å². The molecule has 1 unspecified atom stereocenters. The molecule has 0 radical (unpaired) electrons. The zero-order valence-corrected chi connectivity index (χ0v) is 9.19. The second-order valence-corrected chi connectivity index (χ2v) is 3.81. The van der Waals surface area contributed by atoms with Crippen LogP contribution in [-0.4, -0.2) is 31.3 Å². The van der Waals surface area contributed by atoms with Crippen LogP contribution < -0.4 is 5.32 Å². The average Bonchev–Trinajstić information content (AvgIpc) is 2.86. The smallest absolute Gasteiger partial charge is 0.352 e. The number of aromatic nitrogens is 4. The maximum atomic E-state index is 11.1. The maximum absolute atomic E-state index is 11.1. The fourth-order valence-electron chi connectivity index (χ4n) is 1.87. The van der Waals surface area contributed by atoms with Crippen LogP contribution in [0, 0.1) is 0 Å². The number of tetrazole rings is 1. The zero-order chi connectivity index (χ0) is 12.5. The molecule has 2 N–H and O–H groups in total. The van der Waals surface area contributed by atoms with Crippen molar-refractivity contribution in [2.75, 3.05) is 5.32 Å². The molecule has 1 aliphatic rings. The molecule has 0 aliphatic carbocycles. The highest BCUT2D eigenvalue weighted by Crippen LogP contribution is 2.27. The van der Waals surface area contributed by atoms with E-state index in [9.17, 15) is 4.79 Å². The maximum Gasteiger partial charge on any atom is 0.352 e. The van der Waals surface area contributed by atoms with Crippen LogP contribution in [0.25, 0.3) is 0 Å². The molecule has 1 aliphatic heterocycles. The molecule has 0 fully saturated rings. The van der Waals surface area contributed by atoms with Gasteiger partial charge >= 0.3 is 5.97 Å². The third-order valence-electron chi connectivity index (χ3n) is 2.70. The molecule has 18 heavy (non-hydrogen) atoms. The van der Waals surface area contributed by atoms with E-state index in [2.05, 4.69) is 20.8 Å². The summed E-state index contributed by atoms with van der Waals surface area (Å²) in [5, 5.41) is 22.9. The molecular formula is C11H9N5O2. The van der Waals surface area contributed by atoms with Crippen molar-refractivity contribution in [2.24, 2.45) is 0 Å². The number of carboxylic acids is 1. The molecular weight excluding hydrogens is 234 g/mol. The Kier molecular flexibility index (Phi) is 2.30. The van der Waals surface area contributed by atoms with Crippen molar-refractivity contribution in [1.29, 1.82) is 0 Å². The first-order chi connectivity index (χ1) is 8.75. The second kappa shape index (κ2) is 3.95. The fraction of sp³-hybridized carbons (Fsp3) is 0.0909. The van der Waals surface area contributed by atoms with Gasteiger partial charge in [0.25, 0.3) is 0 Å². The van der Waals surface area contributed by atoms with Crippen molar-refractivity contribution < 1.29 is 9.90 Å². The minimum Gasteiger partial charge on any atom is -0.477 e. The Morgan fingerprint density at radius 3 is 2.83 bits per heavy atom. The summed E-state index contributed by atoms with van der Waals surface area (Å²) in [6.07, 6.45) is 1.58. The van der Waals surface area contributed by atoms with Gasteiger partial charge in [0.05, 0.1) is 0 Å². The van der Waals surface area contributed by atoms with Gasteiger partial charge in [-0.2, -0.15) is 4.68 Å². The van der Waals surface area contributed by atoms with Crippen LogP contribution in [0.1, 0.15) is 11.6 Å². The third-order valence-corrected chi connectivity index (χ3v) is 2.70. The van der Waals surface area contributed by atoms with Gasteiger partial charge in [-0.25, -0.2) is 4.79 Å². The summed E-state index contributed by atoms with van der Waals surface area (Å²) >= 11 is 0. The minimum absolute atomic E-state index is 0.0751. The van der Waals surface area contributed by atoms with Crippen molar-refractivity contribution >= 4 is 11.9 Å². The molecule has 0 saturated heterocycles. The lowest BCUT2D eigenvalue weighted by Gasteiger charge is -2.21. The number of nitrogens with zero attached hydrogens (tertiary/aromatic N) is 4. The van der Waals surface area contributed by atoms with Gasteiger partial charge in [0.1, 0.15) is 11.7 Å². The summed E-state index contributed by atoms with van der Waals surface area (Å²) in [6, 6.07) is 9.15. The number of rotatable bonds is 2. The monoisotopic (exact) mass is 243 g/mol. The lowest BCUT2D eigenvalue weighted by Crippen LogP contribution is -2.24. The molecule has 7 heteroatoms. The van der Waals surface area contributed by atoms with Crippen LogP contribution in [-0.2, 0) is 4.79 Å². The van der Waals surface area contributed by atoms with E-state index in [-0.39, 0.29) is 11.7 Å². The van der Waals surface area contributed by atoms with Crippen molar-refractivity contribution in [3.05, 3.63) is 47.7 Å². The molecule has 7 nitrogen and oxygen atoms in total. The first-order valence-corrected chi connectivity index (χ1v) is 5.30. The normalized spacial score (nSPS) is 17.6. The summed E-state index contributed by atoms with van der Waals surface area (Å²) in [7, 11) is 0. The first kappa shape index (κ1) is 10.5. The second-order valence-electron chi connectivity index (χ2n) is 3.81. The first-order valence-electron chi connectivity index (χ1n) is 5.30. The molecule has 0 spiro atoms. The van der Waals surface area contributed by atoms with Gasteiger partial charge in [0.15, 0.2) is 0 Å². The van der Waals surface area contributed by atoms with Crippen LogP contribution in [0.15, 0.2) is 42.1 Å². The molecule has 2 heterocycles. The topological polar surface area (TPSA) is 92.9 Å². The van der Waals surface area contributed by atoms with E-state index < -0.39 is 5.97 Å². The number of hydrogen-bond acceptors (Lipinski definition) is 5. The van der Waals surface area contributed by atoms with Crippen LogP contribution >= 0.6 is 0 Å². The molecule has 0 amide bonds. The average molecular weight is 243 g/mol. The molecule has 0 saturated carbocycles. The van der Waals surface area contributed by atoms with Gasteiger partial charge < -0.3 is 10.4 Å². The summed E-state index contributed by atoms with van der Waals surface area (Å²) in [5.41, 5.74) is 0.998. The SMILES string of the molecule is O=C(O)C1=CC(c2ccccc2)n2nnnc2N1. The van der Waals surface area contributed by atoms with E-state index in [0.717, 1.165) is 5.56 Å². The lowest BCUT2D eigenvalue weighted by atomic mass is 10.0. The summed E-state index contributed by atoms with van der Waals surface area (Å²) < 4.78 is 1.54. The number of anilines is 1. The Hall–Kier alpha value is -2.70. The van der Waals surface area contributed by atoms with Gasteiger partial charge in [-0.3, -0.25) is 0 Å². The predicted octanol–water partition coefficient (Wildman–Crippen LogP) is 0.656. The van der Waals surface area contributed by atoms with E-state index in [1.54, 1.807) is 10.8 Å². The number of carboxylic acid groups (broad SMARTS) is 1. The highest BCUT2D eigenvalue weighted by molar-refractivity contribution is 5.90. The number of carbonyl (C=O) groups is 1. The quantitative estimate of drug-likeness (QED) is 0.804. The number of fused-ring (bicyclic) bond motifs is 1. The number of allylic oxidation sites excluding steroid dienone is 1. The van der Waals surface area contributed by atoms with Gasteiger partial charge in [-0.15, -0.1) is 0 Å². The van der Waals surface area contributed by atoms with Gasteiger partial charge in [-0.1, -0.05) is 35.4 Å². The molecule has 90 valence electrons. The van der Waals surface area contributed by atoms with Crippen molar-refractivity contribution in [3.8, 4) is 0 Å². The third kappa shape index (κ3) is 1.61. The highest BCUT2D eigenvalue weighted by atomic mass is 16.4. The number of benzene rings is 1. The number of aliphatic carboxylic acids is 1. The van der Waals surface area contributed by atoms with Crippen molar-refractivity contribution in [3.63, 3.8) is 0 Å². The Bertz CT molecular complexity index is 619. The standard InChI is InChI=1S/C11H9N5O2/c17-10(18)8-6-9(7-4-2-1-3-5-7)16-11(12-8)13-14-15-16/h1-6,9H,(H,17,18)(H,12,13,15). The summed E-state index contributed by atoms with van der Waals surface area (Å²) in [4.78, 5) is 11.1. The Labute approximate surface area is 102 Å². The number of hydrogen-bond donors (Lipinski definition) is 2. The van der Waals surface area contributed by atoms with Crippen LogP contribution in [0.3, 0.4) is 0 Å². The Morgan fingerprint density at radius 2 is 2.11 bits per heavy atom. The largest absolute Gasteiger partial charge is 0.477 e. The highest BCUT2D eigenvalue weighted by Gasteiger charge is 2.25. The van der Waals surface area contributed by atoms with E-state index in [1.165, 1.54) is 0 Å². The van der Waals surface area contributed by atoms with Crippen LogP contribution in [0.5, 0.6) is 0 Å². The van der Waals surface area contributed by atoms with Gasteiger partial charge in [0.2, 0.25) is 5.95 Å². The molecule has 1 aromatic heterocycles. The molecule has 1 atom stereocenters. The Balaban J connectivity index is 2.10. The van der Waals surface area contributed by atoms with E-state index in [1.807, 2.05) is 30.3 Å². The van der Waals surface area contributed by atoms with Crippen LogP contribution in [0.4, 0.5) is 5.95 Å². The van der Waals surface area contributed by atoms with Gasteiger partial charge in [0, 0.05) is 0 Å². The van der Waals surface area contributed by atoms with E-state index in [4.69, 9.17) is 5.11 Å². The summed E-state index contributed by atoms with van der Waals surface area (Å²) in [5.74, 6) is -0.714. The minimum atomic E-state index is -1.04. The van der Waals surface area contributed by atoms with Crippen molar-refractivity contribution in [1.82, 2.24) is 20.2 Å². The lowest BCUT2D eigenvalue weighted by molar-refractivity contribution is -0.132. The molecule has 3 rings (SSSR count). The molecule has 2 aromatic rings. The number of nitrogens with one attached hydrogen (secondary N) is 1. The Morgan fingerprint density at radius 1 is 1.33 bits per heavy atom. The molecule has 1 aromatic carbocycles. The van der Waals surface area contributed by atoms with E-state index in [0.29, 0.717) is 5.95 Å². The van der Waals surface area contributed by atoms with Crippen molar-refractivity contribution in [2.45, 2.75) is 6.04 Å². The van der Waals surface area contributed by atoms with Crippen LogP contribution in [0.2, 0.25) is 0 Å². The molecule has 0 bridgehead atoms. The zero-order valence-electron chi connectivity index (χ0n) is 9.19. The van der Waals surface area contributed by atoms with E-state index >= 15 is 0 Å². The fourth-order valence-corrected chi connectivity index (χ4v) is 1.87.